The summed E-state index contributed by atoms with van der Waals surface area (Å²) in [7, 11) is 0. The summed E-state index contributed by atoms with van der Waals surface area (Å²) in [6, 6.07) is 11.4. The zero-order valence-electron chi connectivity index (χ0n) is 13.2. The van der Waals surface area contributed by atoms with Gasteiger partial charge >= 0.3 is 0 Å². The van der Waals surface area contributed by atoms with Crippen LogP contribution < -0.4 is 0 Å². The van der Waals surface area contributed by atoms with Gasteiger partial charge < -0.3 is 14.9 Å². The number of hydrogen-bond donors (Lipinski definition) is 2. The highest BCUT2D eigenvalue weighted by molar-refractivity contribution is 5.44. The summed E-state index contributed by atoms with van der Waals surface area (Å²) >= 11 is 0. The molecule has 0 radical (unpaired) electrons. The summed E-state index contributed by atoms with van der Waals surface area (Å²) < 4.78 is 6.43. The van der Waals surface area contributed by atoms with Gasteiger partial charge in [-0.2, -0.15) is 0 Å². The van der Waals surface area contributed by atoms with Gasteiger partial charge in [0, 0.05) is 11.1 Å². The number of ether oxygens (including phenoxy) is 1. The monoisotopic (exact) mass is 310 g/mol. The maximum Gasteiger partial charge on any atom is 0.121 e. The van der Waals surface area contributed by atoms with Crippen molar-refractivity contribution in [3.05, 3.63) is 58.7 Å². The van der Waals surface area contributed by atoms with Crippen LogP contribution in [-0.4, -0.2) is 10.2 Å². The smallest absolute Gasteiger partial charge is 0.121 e. The van der Waals surface area contributed by atoms with Crippen LogP contribution in [0, 0.1) is 0 Å². The van der Waals surface area contributed by atoms with Crippen LogP contribution in [0.3, 0.4) is 0 Å². The van der Waals surface area contributed by atoms with Crippen LogP contribution in [0.5, 0.6) is 11.5 Å². The van der Waals surface area contributed by atoms with Crippen molar-refractivity contribution in [3.63, 3.8) is 0 Å². The van der Waals surface area contributed by atoms with E-state index in [1.165, 1.54) is 11.1 Å². The van der Waals surface area contributed by atoms with E-state index in [0.717, 1.165) is 49.7 Å². The molecule has 2 unspecified atom stereocenters. The summed E-state index contributed by atoms with van der Waals surface area (Å²) in [6.07, 6.45) is 5.80. The van der Waals surface area contributed by atoms with Crippen molar-refractivity contribution in [1.82, 2.24) is 0 Å². The first-order chi connectivity index (χ1) is 11.2. The van der Waals surface area contributed by atoms with Crippen molar-refractivity contribution in [2.75, 3.05) is 0 Å². The van der Waals surface area contributed by atoms with Crippen molar-refractivity contribution < 1.29 is 14.9 Å². The van der Waals surface area contributed by atoms with Crippen LogP contribution in [-0.2, 0) is 17.6 Å². The summed E-state index contributed by atoms with van der Waals surface area (Å²) in [5, 5.41) is 20.6. The first-order valence-electron chi connectivity index (χ1n) is 8.51. The maximum atomic E-state index is 10.3. The molecule has 0 spiro atoms. The Kier molecular flexibility index (Phi) is 3.74. The zero-order valence-corrected chi connectivity index (χ0v) is 13.2. The molecule has 2 aliphatic carbocycles. The molecule has 23 heavy (non-hydrogen) atoms. The van der Waals surface area contributed by atoms with E-state index in [-0.39, 0.29) is 12.2 Å². The molecule has 2 N–H and O–H groups in total. The van der Waals surface area contributed by atoms with Gasteiger partial charge in [0.1, 0.15) is 11.5 Å². The first-order valence-corrected chi connectivity index (χ1v) is 8.51. The van der Waals surface area contributed by atoms with Crippen LogP contribution in [0.25, 0.3) is 0 Å². The fourth-order valence-electron chi connectivity index (χ4n) is 4.09. The van der Waals surface area contributed by atoms with E-state index in [0.29, 0.717) is 11.5 Å². The maximum absolute atomic E-state index is 10.3. The van der Waals surface area contributed by atoms with Gasteiger partial charge in [-0.05, 0) is 61.8 Å². The van der Waals surface area contributed by atoms with Crippen molar-refractivity contribution in [2.45, 2.75) is 50.7 Å². The highest BCUT2D eigenvalue weighted by Crippen LogP contribution is 2.45. The van der Waals surface area contributed by atoms with Crippen LogP contribution in [0.1, 0.15) is 60.1 Å². The molecule has 0 amide bonds. The third-order valence-corrected chi connectivity index (χ3v) is 5.14. The molecule has 2 atom stereocenters. The molecule has 0 aliphatic heterocycles. The molecule has 120 valence electrons. The summed E-state index contributed by atoms with van der Waals surface area (Å²) in [5.74, 6) is 0.668. The highest BCUT2D eigenvalue weighted by Gasteiger charge is 2.30. The van der Waals surface area contributed by atoms with E-state index >= 15 is 0 Å². The van der Waals surface area contributed by atoms with E-state index in [4.69, 9.17) is 4.74 Å². The van der Waals surface area contributed by atoms with Gasteiger partial charge in [-0.15, -0.1) is 0 Å². The van der Waals surface area contributed by atoms with Crippen LogP contribution >= 0.6 is 0 Å². The third kappa shape index (κ3) is 2.59. The minimum Gasteiger partial charge on any atom is -0.508 e. The van der Waals surface area contributed by atoms with E-state index in [9.17, 15) is 10.2 Å². The second kappa shape index (κ2) is 5.89. The third-order valence-electron chi connectivity index (χ3n) is 5.14. The van der Waals surface area contributed by atoms with Gasteiger partial charge in [0.2, 0.25) is 0 Å². The molecule has 0 fully saturated rings. The highest BCUT2D eigenvalue weighted by atomic mass is 16.5. The number of aryl methyl sites for hydroxylation is 2. The number of phenols is 2. The molecule has 0 heterocycles. The molecule has 0 bridgehead atoms. The van der Waals surface area contributed by atoms with E-state index in [2.05, 4.69) is 12.1 Å². The number of benzene rings is 2. The number of hydrogen-bond acceptors (Lipinski definition) is 3. The van der Waals surface area contributed by atoms with Crippen molar-refractivity contribution in [1.29, 1.82) is 0 Å². The lowest BCUT2D eigenvalue weighted by molar-refractivity contribution is -0.0340. The van der Waals surface area contributed by atoms with Crippen molar-refractivity contribution >= 4 is 0 Å². The molecule has 4 rings (SSSR count). The Balaban J connectivity index is 1.67. The Labute approximate surface area is 136 Å². The molecule has 3 heteroatoms. The van der Waals surface area contributed by atoms with Crippen molar-refractivity contribution in [3.8, 4) is 11.5 Å². The van der Waals surface area contributed by atoms with Gasteiger partial charge in [-0.3, -0.25) is 0 Å². The average Bonchev–Trinajstić information content (AvgIpc) is 2.55. The van der Waals surface area contributed by atoms with Crippen LogP contribution in [0.4, 0.5) is 0 Å². The lowest BCUT2D eigenvalue weighted by atomic mass is 9.86. The van der Waals surface area contributed by atoms with Gasteiger partial charge in [-0.25, -0.2) is 0 Å². The molecular formula is C20H22O3. The number of aromatic hydroxyl groups is 2. The Hall–Kier alpha value is -2.00. The SMILES string of the molecule is Oc1cccc2c1C(OC1CCCc3cccc(O)c31)CCC2. The summed E-state index contributed by atoms with van der Waals surface area (Å²) in [4.78, 5) is 0. The summed E-state index contributed by atoms with van der Waals surface area (Å²) in [5.41, 5.74) is 4.27. The minimum absolute atomic E-state index is 0.0875. The van der Waals surface area contributed by atoms with Gasteiger partial charge in [0.05, 0.1) is 12.2 Å². The minimum atomic E-state index is -0.0875. The number of phenolic OH excluding ortho intramolecular Hbond substituents is 2. The van der Waals surface area contributed by atoms with Crippen molar-refractivity contribution in [2.24, 2.45) is 0 Å². The largest absolute Gasteiger partial charge is 0.508 e. The second-order valence-corrected chi connectivity index (χ2v) is 6.60. The molecule has 0 saturated carbocycles. The molecule has 0 saturated heterocycles. The van der Waals surface area contributed by atoms with E-state index in [1.54, 1.807) is 12.1 Å². The molecule has 2 aromatic rings. The number of fused-ring (bicyclic) bond motifs is 2. The predicted octanol–water partition coefficient (Wildman–Crippen LogP) is 4.57. The molecule has 2 aromatic carbocycles. The topological polar surface area (TPSA) is 49.7 Å². The second-order valence-electron chi connectivity index (χ2n) is 6.60. The first kappa shape index (κ1) is 14.6. The standard InChI is InChI=1S/C20H22O3/c21-15-9-1-5-13-7-3-11-17(19(13)15)23-18-12-4-8-14-6-2-10-16(22)20(14)18/h1-2,5-6,9-10,17-18,21-22H,3-4,7-8,11-12H2. The predicted molar refractivity (Wildman–Crippen MR) is 88.7 cm³/mol. The lowest BCUT2D eigenvalue weighted by Crippen LogP contribution is -2.19. The molecule has 3 nitrogen and oxygen atoms in total. The zero-order chi connectivity index (χ0) is 15.8. The van der Waals surface area contributed by atoms with E-state index < -0.39 is 0 Å². The molecule has 2 aliphatic rings. The van der Waals surface area contributed by atoms with Gasteiger partial charge in [0.25, 0.3) is 0 Å². The molecule has 0 aromatic heterocycles. The quantitative estimate of drug-likeness (QED) is 0.854. The van der Waals surface area contributed by atoms with Gasteiger partial charge in [-0.1, -0.05) is 24.3 Å². The fraction of sp³-hybridized carbons (Fsp3) is 0.400. The normalized spacial score (nSPS) is 23.1. The Bertz CT molecular complexity index is 661. The summed E-state index contributed by atoms with van der Waals surface area (Å²) in [6.45, 7) is 0. The lowest BCUT2D eigenvalue weighted by Gasteiger charge is -2.33. The Morgan fingerprint density at radius 2 is 1.22 bits per heavy atom. The number of rotatable bonds is 2. The average molecular weight is 310 g/mol. The van der Waals surface area contributed by atoms with E-state index in [1.807, 2.05) is 12.1 Å². The van der Waals surface area contributed by atoms with Crippen LogP contribution in [0.2, 0.25) is 0 Å². The Morgan fingerprint density at radius 3 is 1.70 bits per heavy atom. The molecular weight excluding hydrogens is 288 g/mol. The van der Waals surface area contributed by atoms with Gasteiger partial charge in [0.15, 0.2) is 0 Å². The Morgan fingerprint density at radius 1 is 0.739 bits per heavy atom. The fourth-order valence-corrected chi connectivity index (χ4v) is 4.09. The van der Waals surface area contributed by atoms with Crippen LogP contribution in [0.15, 0.2) is 36.4 Å².